The Bertz CT molecular complexity index is 551. The minimum absolute atomic E-state index is 0.0472. The van der Waals surface area contributed by atoms with E-state index >= 15 is 0 Å². The summed E-state index contributed by atoms with van der Waals surface area (Å²) in [5.74, 6) is 1.29. The third kappa shape index (κ3) is 3.48. The Morgan fingerprint density at radius 1 is 1.41 bits per heavy atom. The summed E-state index contributed by atoms with van der Waals surface area (Å²) in [5, 5.41) is 6.95. The second-order valence-corrected chi connectivity index (χ2v) is 6.28. The molecule has 2 fully saturated rings. The molecule has 2 amide bonds. The number of rotatable bonds is 6. The van der Waals surface area contributed by atoms with Crippen molar-refractivity contribution in [1.29, 1.82) is 0 Å². The van der Waals surface area contributed by atoms with Crippen LogP contribution in [-0.2, 0) is 9.59 Å². The maximum atomic E-state index is 12.4. The zero-order valence-electron chi connectivity index (χ0n) is 13.0. The van der Waals surface area contributed by atoms with Crippen molar-refractivity contribution >= 4 is 11.8 Å². The van der Waals surface area contributed by atoms with Gasteiger partial charge in [-0.2, -0.15) is 0 Å². The van der Waals surface area contributed by atoms with Crippen LogP contribution in [0.4, 0.5) is 0 Å². The predicted octanol–water partition coefficient (Wildman–Crippen LogP) is 1.95. The van der Waals surface area contributed by atoms with Crippen LogP contribution < -0.4 is 5.32 Å². The quantitative estimate of drug-likeness (QED) is 0.815. The largest absolute Gasteiger partial charge is 0.361 e. The lowest BCUT2D eigenvalue weighted by Crippen LogP contribution is -2.32. The molecule has 0 aromatic carbocycles. The molecule has 1 aliphatic carbocycles. The smallest absolute Gasteiger partial charge is 0.223 e. The third-order valence-corrected chi connectivity index (χ3v) is 4.38. The van der Waals surface area contributed by atoms with Gasteiger partial charge in [-0.3, -0.25) is 9.59 Å². The number of carbonyl (C=O) groups is 2. The van der Waals surface area contributed by atoms with E-state index in [1.807, 2.05) is 17.9 Å². The normalized spacial score (nSPS) is 21.1. The van der Waals surface area contributed by atoms with Gasteiger partial charge < -0.3 is 14.7 Å². The highest BCUT2D eigenvalue weighted by atomic mass is 16.5. The molecule has 0 spiro atoms. The highest BCUT2D eigenvalue weighted by Gasteiger charge is 2.32. The standard InChI is InChI=1S/C16H23N3O3/c1-11-10-13(18-22-11)14-4-3-9-19(14)15(20)5-2-8-17-16(21)12-6-7-12/h10,12,14H,2-9H2,1H3,(H,17,21)/t14-/m1/s1. The summed E-state index contributed by atoms with van der Waals surface area (Å²) in [6.45, 7) is 3.23. The first kappa shape index (κ1) is 15.1. The van der Waals surface area contributed by atoms with Crippen molar-refractivity contribution in [2.24, 2.45) is 5.92 Å². The van der Waals surface area contributed by atoms with Crippen LogP contribution in [0.25, 0.3) is 0 Å². The van der Waals surface area contributed by atoms with Crippen LogP contribution in [0.1, 0.15) is 56.0 Å². The Labute approximate surface area is 130 Å². The Kier molecular flexibility index (Phi) is 4.45. The molecule has 1 N–H and O–H groups in total. The van der Waals surface area contributed by atoms with Gasteiger partial charge in [0.25, 0.3) is 0 Å². The number of aryl methyl sites for hydroxylation is 1. The van der Waals surface area contributed by atoms with E-state index in [4.69, 9.17) is 4.52 Å². The van der Waals surface area contributed by atoms with Gasteiger partial charge in [0.1, 0.15) is 11.5 Å². The lowest BCUT2D eigenvalue weighted by atomic mass is 10.1. The summed E-state index contributed by atoms with van der Waals surface area (Å²) < 4.78 is 5.12. The highest BCUT2D eigenvalue weighted by Crippen LogP contribution is 2.32. The SMILES string of the molecule is Cc1cc([C@H]2CCCN2C(=O)CCCNC(=O)C2CC2)no1. The molecule has 2 aliphatic rings. The first-order valence-electron chi connectivity index (χ1n) is 8.15. The summed E-state index contributed by atoms with van der Waals surface area (Å²) in [4.78, 5) is 25.8. The van der Waals surface area contributed by atoms with Gasteiger partial charge in [0.2, 0.25) is 11.8 Å². The van der Waals surface area contributed by atoms with E-state index in [9.17, 15) is 9.59 Å². The Balaban J connectivity index is 1.45. The lowest BCUT2D eigenvalue weighted by Gasteiger charge is -2.23. The molecule has 1 aromatic rings. The minimum Gasteiger partial charge on any atom is -0.361 e. The summed E-state index contributed by atoms with van der Waals surface area (Å²) in [6, 6.07) is 1.96. The van der Waals surface area contributed by atoms with Gasteiger partial charge >= 0.3 is 0 Å². The molecule has 1 atom stereocenters. The van der Waals surface area contributed by atoms with Gasteiger partial charge in [-0.15, -0.1) is 0 Å². The molecule has 1 saturated carbocycles. The van der Waals surface area contributed by atoms with Crippen LogP contribution >= 0.6 is 0 Å². The van der Waals surface area contributed by atoms with E-state index in [2.05, 4.69) is 10.5 Å². The molecule has 120 valence electrons. The van der Waals surface area contributed by atoms with Gasteiger partial charge in [-0.05, 0) is 39.0 Å². The summed E-state index contributed by atoms with van der Waals surface area (Å²) in [6.07, 6.45) is 5.13. The molecule has 2 heterocycles. The molecule has 1 aromatic heterocycles. The topological polar surface area (TPSA) is 75.4 Å². The molecule has 0 unspecified atom stereocenters. The first-order valence-corrected chi connectivity index (χ1v) is 8.15. The average Bonchev–Trinajstić information content (AvgIpc) is 3.08. The molecular formula is C16H23N3O3. The van der Waals surface area contributed by atoms with E-state index in [0.29, 0.717) is 19.4 Å². The maximum Gasteiger partial charge on any atom is 0.223 e. The predicted molar refractivity (Wildman–Crippen MR) is 79.9 cm³/mol. The Hall–Kier alpha value is -1.85. The van der Waals surface area contributed by atoms with Gasteiger partial charge in [-0.25, -0.2) is 0 Å². The fourth-order valence-corrected chi connectivity index (χ4v) is 3.00. The number of carbonyl (C=O) groups excluding carboxylic acids is 2. The first-order chi connectivity index (χ1) is 10.6. The van der Waals surface area contributed by atoms with E-state index in [0.717, 1.165) is 43.7 Å². The monoisotopic (exact) mass is 305 g/mol. The maximum absolute atomic E-state index is 12.4. The van der Waals surface area contributed by atoms with Crippen molar-refractivity contribution in [3.8, 4) is 0 Å². The van der Waals surface area contributed by atoms with Crippen LogP contribution in [0, 0.1) is 12.8 Å². The molecule has 0 bridgehead atoms. The summed E-state index contributed by atoms with van der Waals surface area (Å²) >= 11 is 0. The van der Waals surface area contributed by atoms with Crippen molar-refractivity contribution in [1.82, 2.24) is 15.4 Å². The van der Waals surface area contributed by atoms with E-state index in [1.54, 1.807) is 0 Å². The molecule has 1 saturated heterocycles. The van der Waals surface area contributed by atoms with Crippen molar-refractivity contribution in [3.05, 3.63) is 17.5 Å². The van der Waals surface area contributed by atoms with Crippen LogP contribution in [0.5, 0.6) is 0 Å². The number of likely N-dealkylation sites (tertiary alicyclic amines) is 1. The van der Waals surface area contributed by atoms with Gasteiger partial charge in [0.05, 0.1) is 6.04 Å². The number of hydrogen-bond acceptors (Lipinski definition) is 4. The molecule has 6 heteroatoms. The fraction of sp³-hybridized carbons (Fsp3) is 0.688. The van der Waals surface area contributed by atoms with Gasteiger partial charge in [0, 0.05) is 31.5 Å². The van der Waals surface area contributed by atoms with Crippen molar-refractivity contribution < 1.29 is 14.1 Å². The minimum atomic E-state index is 0.0472. The number of nitrogens with one attached hydrogen (secondary N) is 1. The fourth-order valence-electron chi connectivity index (χ4n) is 3.00. The second kappa shape index (κ2) is 6.50. The third-order valence-electron chi connectivity index (χ3n) is 4.38. The van der Waals surface area contributed by atoms with Gasteiger partial charge in [0.15, 0.2) is 0 Å². The van der Waals surface area contributed by atoms with E-state index in [-0.39, 0.29) is 23.8 Å². The van der Waals surface area contributed by atoms with Crippen molar-refractivity contribution in [2.45, 2.75) is 51.5 Å². The molecule has 22 heavy (non-hydrogen) atoms. The molecular weight excluding hydrogens is 282 g/mol. The summed E-state index contributed by atoms with van der Waals surface area (Å²) in [7, 11) is 0. The number of aromatic nitrogens is 1. The number of hydrogen-bond donors (Lipinski definition) is 1. The van der Waals surface area contributed by atoms with Crippen LogP contribution in [-0.4, -0.2) is 35.0 Å². The van der Waals surface area contributed by atoms with Crippen LogP contribution in [0.3, 0.4) is 0 Å². The van der Waals surface area contributed by atoms with E-state index < -0.39 is 0 Å². The highest BCUT2D eigenvalue weighted by molar-refractivity contribution is 5.81. The lowest BCUT2D eigenvalue weighted by molar-refractivity contribution is -0.132. The molecule has 0 radical (unpaired) electrons. The zero-order chi connectivity index (χ0) is 15.5. The van der Waals surface area contributed by atoms with Crippen LogP contribution in [0.2, 0.25) is 0 Å². The number of nitrogens with zero attached hydrogens (tertiary/aromatic N) is 2. The number of amides is 2. The van der Waals surface area contributed by atoms with Gasteiger partial charge in [-0.1, -0.05) is 5.16 Å². The molecule has 3 rings (SSSR count). The van der Waals surface area contributed by atoms with Crippen molar-refractivity contribution in [2.75, 3.05) is 13.1 Å². The van der Waals surface area contributed by atoms with E-state index in [1.165, 1.54) is 0 Å². The van der Waals surface area contributed by atoms with Crippen molar-refractivity contribution in [3.63, 3.8) is 0 Å². The Morgan fingerprint density at radius 2 is 2.23 bits per heavy atom. The molecule has 6 nitrogen and oxygen atoms in total. The van der Waals surface area contributed by atoms with Crippen LogP contribution in [0.15, 0.2) is 10.6 Å². The second-order valence-electron chi connectivity index (χ2n) is 6.28. The average molecular weight is 305 g/mol. The zero-order valence-corrected chi connectivity index (χ0v) is 13.0. The Morgan fingerprint density at radius 3 is 2.91 bits per heavy atom. The molecule has 1 aliphatic heterocycles. The summed E-state index contributed by atoms with van der Waals surface area (Å²) in [5.41, 5.74) is 0.852.